The number of thiophene rings is 1. The first kappa shape index (κ1) is 24.4. The molecule has 0 aliphatic heterocycles. The maximum Gasteiger partial charge on any atom is 0.267 e. The summed E-state index contributed by atoms with van der Waals surface area (Å²) in [5.74, 6) is 0.516. The summed E-state index contributed by atoms with van der Waals surface area (Å²) in [6.07, 6.45) is 0. The van der Waals surface area contributed by atoms with Crippen LogP contribution < -0.4 is 15.8 Å². The number of nitrogens with one attached hydrogen (secondary N) is 1. The normalized spacial score (nSPS) is 10.9. The monoisotopic (exact) mass is 527 g/mol. The quantitative estimate of drug-likeness (QED) is 0.229. The summed E-state index contributed by atoms with van der Waals surface area (Å²) in [6, 6.07) is 37.6. The topological polar surface area (TPSA) is 77.2 Å². The number of nitrogen functional groups attached to an aromatic ring is 1. The van der Waals surface area contributed by atoms with Crippen molar-refractivity contribution in [1.29, 1.82) is 0 Å². The predicted molar refractivity (Wildman–Crippen MR) is 161 cm³/mol. The zero-order valence-electron chi connectivity index (χ0n) is 21.2. The molecule has 5 nitrogen and oxygen atoms in total. The van der Waals surface area contributed by atoms with Gasteiger partial charge in [0.25, 0.3) is 5.91 Å². The van der Waals surface area contributed by atoms with Crippen molar-refractivity contribution in [3.8, 4) is 39.3 Å². The molecule has 0 radical (unpaired) electrons. The highest BCUT2D eigenvalue weighted by Gasteiger charge is 2.22. The summed E-state index contributed by atoms with van der Waals surface area (Å²) in [5, 5.41) is 3.88. The fourth-order valence-corrected chi connectivity index (χ4v) is 5.70. The lowest BCUT2D eigenvalue weighted by atomic mass is 9.99. The summed E-state index contributed by atoms with van der Waals surface area (Å²) < 4.78 is 5.32. The van der Waals surface area contributed by atoms with Crippen LogP contribution in [0.4, 0.5) is 11.4 Å². The minimum absolute atomic E-state index is 0.260. The molecule has 0 saturated heterocycles. The fraction of sp³-hybridized carbons (Fsp3) is 0.0303. The molecule has 0 fully saturated rings. The van der Waals surface area contributed by atoms with Gasteiger partial charge in [-0.3, -0.25) is 4.79 Å². The van der Waals surface area contributed by atoms with Gasteiger partial charge >= 0.3 is 0 Å². The van der Waals surface area contributed by atoms with Crippen molar-refractivity contribution < 1.29 is 9.53 Å². The Bertz CT molecular complexity index is 1780. The second kappa shape index (κ2) is 10.4. The van der Waals surface area contributed by atoms with E-state index in [0.29, 0.717) is 15.4 Å². The zero-order chi connectivity index (χ0) is 26.8. The molecule has 0 aliphatic carbocycles. The van der Waals surface area contributed by atoms with Crippen LogP contribution in [0.15, 0.2) is 115 Å². The summed E-state index contributed by atoms with van der Waals surface area (Å²) >= 11 is 1.31. The standard InChI is InChI=1S/C33H25N3O2S/c1-38-24-18-16-23(17-19-24)28-20-26(22-12-6-3-7-13-22)29-30(34)31(39-33(29)36-28)32(37)35-27-15-9-8-14-25(27)21-10-4-2-5-11-21/h2-20H,34H2,1H3,(H,35,37). The molecule has 190 valence electrons. The van der Waals surface area contributed by atoms with Crippen LogP contribution in [0.1, 0.15) is 9.67 Å². The first-order valence-electron chi connectivity index (χ1n) is 12.5. The van der Waals surface area contributed by atoms with Crippen LogP contribution in [0.25, 0.3) is 43.7 Å². The van der Waals surface area contributed by atoms with E-state index in [0.717, 1.165) is 50.3 Å². The van der Waals surface area contributed by atoms with Gasteiger partial charge in [-0.15, -0.1) is 11.3 Å². The average Bonchev–Trinajstić information content (AvgIpc) is 3.34. The molecule has 0 spiro atoms. The lowest BCUT2D eigenvalue weighted by Gasteiger charge is -2.11. The van der Waals surface area contributed by atoms with Crippen LogP contribution in [0, 0.1) is 0 Å². The van der Waals surface area contributed by atoms with E-state index in [1.54, 1.807) is 7.11 Å². The van der Waals surface area contributed by atoms with Crippen LogP contribution in [0.3, 0.4) is 0 Å². The van der Waals surface area contributed by atoms with Crippen molar-refractivity contribution in [3.63, 3.8) is 0 Å². The number of fused-ring (bicyclic) bond motifs is 1. The smallest absolute Gasteiger partial charge is 0.267 e. The molecule has 6 rings (SSSR count). The van der Waals surface area contributed by atoms with Crippen LogP contribution in [-0.2, 0) is 0 Å². The number of pyridine rings is 1. The zero-order valence-corrected chi connectivity index (χ0v) is 22.0. The van der Waals surface area contributed by atoms with Crippen molar-refractivity contribution in [3.05, 3.63) is 120 Å². The molecule has 4 aromatic carbocycles. The number of nitrogens with zero attached hydrogens (tertiary/aromatic N) is 1. The molecule has 6 aromatic rings. The van der Waals surface area contributed by atoms with Gasteiger partial charge in [0.05, 0.1) is 18.5 Å². The number of carbonyl (C=O) groups is 1. The SMILES string of the molecule is COc1ccc(-c2cc(-c3ccccc3)c3c(N)c(C(=O)Nc4ccccc4-c4ccccc4)sc3n2)cc1. The van der Waals surface area contributed by atoms with Gasteiger partial charge in [-0.25, -0.2) is 4.98 Å². The number of nitrogens with two attached hydrogens (primary N) is 1. The fourth-order valence-electron chi connectivity index (χ4n) is 4.69. The number of hydrogen-bond donors (Lipinski definition) is 2. The highest BCUT2D eigenvalue weighted by molar-refractivity contribution is 7.21. The summed E-state index contributed by atoms with van der Waals surface area (Å²) in [6.45, 7) is 0. The first-order chi connectivity index (χ1) is 19.1. The largest absolute Gasteiger partial charge is 0.497 e. The number of hydrogen-bond acceptors (Lipinski definition) is 5. The number of para-hydroxylation sites is 1. The van der Waals surface area contributed by atoms with Crippen LogP contribution in [0.5, 0.6) is 5.75 Å². The molecule has 6 heteroatoms. The van der Waals surface area contributed by atoms with Gasteiger partial charge in [-0.1, -0.05) is 78.9 Å². The first-order valence-corrected chi connectivity index (χ1v) is 13.3. The highest BCUT2D eigenvalue weighted by atomic mass is 32.1. The number of amides is 1. The Kier molecular flexibility index (Phi) is 6.53. The van der Waals surface area contributed by atoms with E-state index in [1.807, 2.05) is 115 Å². The minimum atomic E-state index is -0.260. The summed E-state index contributed by atoms with van der Waals surface area (Å²) in [5.41, 5.74) is 13.5. The third-order valence-corrected chi connectivity index (χ3v) is 7.73. The number of rotatable bonds is 6. The van der Waals surface area contributed by atoms with E-state index >= 15 is 0 Å². The van der Waals surface area contributed by atoms with Crippen LogP contribution in [0.2, 0.25) is 0 Å². The Balaban J connectivity index is 1.45. The molecule has 1 amide bonds. The molecule has 0 unspecified atom stereocenters. The molecule has 0 bridgehead atoms. The summed E-state index contributed by atoms with van der Waals surface area (Å²) in [7, 11) is 1.64. The number of methoxy groups -OCH3 is 1. The molecule has 2 aromatic heterocycles. The third-order valence-electron chi connectivity index (χ3n) is 6.64. The van der Waals surface area contributed by atoms with Crippen LogP contribution >= 0.6 is 11.3 Å². The van der Waals surface area contributed by atoms with Crippen molar-refractivity contribution in [2.75, 3.05) is 18.2 Å². The highest BCUT2D eigenvalue weighted by Crippen LogP contribution is 2.42. The molecular formula is C33H25N3O2S. The molecule has 0 saturated carbocycles. The maximum absolute atomic E-state index is 13.6. The molecule has 2 heterocycles. The second-order valence-corrected chi connectivity index (χ2v) is 10.0. The second-order valence-electron chi connectivity index (χ2n) is 9.04. The van der Waals surface area contributed by atoms with Crippen molar-refractivity contribution in [2.45, 2.75) is 0 Å². The van der Waals surface area contributed by atoms with E-state index < -0.39 is 0 Å². The number of aromatic nitrogens is 1. The molecule has 0 atom stereocenters. The molecule has 0 aliphatic rings. The molecule has 39 heavy (non-hydrogen) atoms. The van der Waals surface area contributed by atoms with Gasteiger partial charge in [0.15, 0.2) is 0 Å². The van der Waals surface area contributed by atoms with E-state index in [9.17, 15) is 4.79 Å². The van der Waals surface area contributed by atoms with Gasteiger partial charge in [-0.2, -0.15) is 0 Å². The lowest BCUT2D eigenvalue weighted by Crippen LogP contribution is -2.12. The summed E-state index contributed by atoms with van der Waals surface area (Å²) in [4.78, 5) is 19.7. The lowest BCUT2D eigenvalue weighted by molar-refractivity contribution is 0.103. The molecular weight excluding hydrogens is 502 g/mol. The number of benzene rings is 4. The minimum Gasteiger partial charge on any atom is -0.497 e. The van der Waals surface area contributed by atoms with E-state index in [4.69, 9.17) is 15.5 Å². The van der Waals surface area contributed by atoms with E-state index in [1.165, 1.54) is 11.3 Å². The van der Waals surface area contributed by atoms with E-state index in [2.05, 4.69) is 5.32 Å². The Morgan fingerprint density at radius 2 is 1.38 bits per heavy atom. The maximum atomic E-state index is 13.6. The van der Waals surface area contributed by atoms with Crippen molar-refractivity contribution >= 4 is 38.8 Å². The van der Waals surface area contributed by atoms with Gasteiger partial charge in [0.1, 0.15) is 15.5 Å². The number of anilines is 2. The van der Waals surface area contributed by atoms with Crippen molar-refractivity contribution in [1.82, 2.24) is 4.98 Å². The Labute approximate surface area is 230 Å². The third kappa shape index (κ3) is 4.74. The van der Waals surface area contributed by atoms with Gasteiger partial charge in [-0.05, 0) is 53.1 Å². The average molecular weight is 528 g/mol. The van der Waals surface area contributed by atoms with Gasteiger partial charge in [0.2, 0.25) is 0 Å². The van der Waals surface area contributed by atoms with E-state index in [-0.39, 0.29) is 5.91 Å². The number of carbonyl (C=O) groups excluding carboxylic acids is 1. The van der Waals surface area contributed by atoms with Crippen LogP contribution in [-0.4, -0.2) is 18.0 Å². The molecule has 3 N–H and O–H groups in total. The van der Waals surface area contributed by atoms with Crippen molar-refractivity contribution in [2.24, 2.45) is 0 Å². The number of ether oxygens (including phenoxy) is 1. The Morgan fingerprint density at radius 1 is 0.769 bits per heavy atom. The van der Waals surface area contributed by atoms with Gasteiger partial charge < -0.3 is 15.8 Å². The Hall–Kier alpha value is -4.94. The predicted octanol–water partition coefficient (Wildman–Crippen LogP) is 8.14. The van der Waals surface area contributed by atoms with Gasteiger partial charge in [0, 0.05) is 22.2 Å². The Morgan fingerprint density at radius 3 is 2.05 bits per heavy atom.